The Kier molecular flexibility index (Phi) is 1.88. The Morgan fingerprint density at radius 1 is 1.43 bits per heavy atom. The van der Waals surface area contributed by atoms with E-state index >= 15 is 0 Å². The maximum absolute atomic E-state index is 3.99. The number of hydrogen-bond acceptors (Lipinski definition) is 1. The average molecular weight is 112 g/mol. The van der Waals surface area contributed by atoms with E-state index in [-0.39, 0.29) is 0 Å². The smallest absolute Gasteiger partial charge is 0.0884 e. The van der Waals surface area contributed by atoms with Crippen molar-refractivity contribution in [3.8, 4) is 0 Å². The van der Waals surface area contributed by atoms with Gasteiger partial charge in [0.05, 0.1) is 5.88 Å². The number of thioether (sulfide) groups is 1. The van der Waals surface area contributed by atoms with Crippen LogP contribution in [0.15, 0.2) is 23.8 Å². The summed E-state index contributed by atoms with van der Waals surface area (Å²) in [5.41, 5.74) is 0. The molecule has 0 saturated heterocycles. The van der Waals surface area contributed by atoms with Crippen LogP contribution in [0.3, 0.4) is 0 Å². The van der Waals surface area contributed by atoms with Gasteiger partial charge in [-0.05, 0) is 11.5 Å². The Morgan fingerprint density at radius 2 is 2.43 bits per heavy atom. The molecule has 1 radical (unpaired) electrons. The van der Waals surface area contributed by atoms with Gasteiger partial charge in [-0.15, -0.1) is 11.8 Å². The Bertz CT molecular complexity index is 84.3. The molecule has 0 spiro atoms. The first-order valence-electron chi connectivity index (χ1n) is 2.10. The summed E-state index contributed by atoms with van der Waals surface area (Å²) in [5, 5.41) is 6.03. The Balaban J connectivity index is 2.39. The third-order valence-electron chi connectivity index (χ3n) is 0.626. The van der Waals surface area contributed by atoms with E-state index in [9.17, 15) is 0 Å². The van der Waals surface area contributed by atoms with Gasteiger partial charge in [-0.25, -0.2) is 0 Å². The molecule has 1 aliphatic heterocycles. The van der Waals surface area contributed by atoms with Gasteiger partial charge >= 0.3 is 0 Å². The van der Waals surface area contributed by atoms with Crippen LogP contribution in [0.5, 0.6) is 0 Å². The van der Waals surface area contributed by atoms with E-state index in [0.29, 0.717) is 0 Å². The number of hydrogen-bond donors (Lipinski definition) is 0. The molecular formula is C5H6NS. The molecule has 0 bridgehead atoms. The van der Waals surface area contributed by atoms with Crippen LogP contribution in [0.1, 0.15) is 0 Å². The zero-order valence-corrected chi connectivity index (χ0v) is 4.69. The summed E-state index contributed by atoms with van der Waals surface area (Å²) >= 11 is 1.71. The Hall–Kier alpha value is -0.370. The van der Waals surface area contributed by atoms with Crippen LogP contribution in [-0.2, 0) is 0 Å². The van der Waals surface area contributed by atoms with Crippen LogP contribution >= 0.6 is 11.8 Å². The summed E-state index contributed by atoms with van der Waals surface area (Å²) in [6, 6.07) is 0. The molecule has 0 aromatic rings. The molecule has 0 unspecified atom stereocenters. The van der Waals surface area contributed by atoms with Crippen molar-refractivity contribution in [2.24, 2.45) is 0 Å². The highest BCUT2D eigenvalue weighted by atomic mass is 32.2. The van der Waals surface area contributed by atoms with Crippen LogP contribution in [0, 0.1) is 0 Å². The van der Waals surface area contributed by atoms with Crippen molar-refractivity contribution in [1.29, 1.82) is 0 Å². The van der Waals surface area contributed by atoms with Crippen molar-refractivity contribution in [1.82, 2.24) is 5.32 Å². The molecule has 0 amide bonds. The van der Waals surface area contributed by atoms with E-state index in [0.717, 1.165) is 5.88 Å². The molecule has 2 heteroatoms. The lowest BCUT2D eigenvalue weighted by Crippen LogP contribution is -1.88. The fourth-order valence-electron chi connectivity index (χ4n) is 0.341. The molecular weight excluding hydrogens is 106 g/mol. The van der Waals surface area contributed by atoms with Gasteiger partial charge in [-0.2, -0.15) is 0 Å². The fraction of sp³-hybridized carbons (Fsp3) is 0.200. The monoisotopic (exact) mass is 112 g/mol. The third kappa shape index (κ3) is 1.69. The molecule has 37 valence electrons. The summed E-state index contributed by atoms with van der Waals surface area (Å²) in [5.74, 6) is 0.868. The van der Waals surface area contributed by atoms with E-state index in [2.05, 4.69) is 5.32 Å². The molecule has 1 nitrogen and oxygen atoms in total. The normalized spacial score (nSPS) is 18.3. The highest BCUT2D eigenvalue weighted by molar-refractivity contribution is 8.02. The number of allylic oxidation sites excluding steroid dienone is 2. The lowest BCUT2D eigenvalue weighted by atomic mass is 10.6. The average Bonchev–Trinajstić information content (AvgIpc) is 1.90. The van der Waals surface area contributed by atoms with Crippen molar-refractivity contribution in [3.63, 3.8) is 0 Å². The van der Waals surface area contributed by atoms with Crippen molar-refractivity contribution in [2.45, 2.75) is 0 Å². The predicted octanol–water partition coefficient (Wildman–Crippen LogP) is 1.32. The summed E-state index contributed by atoms with van der Waals surface area (Å²) in [6.45, 7) is 0. The van der Waals surface area contributed by atoms with Gasteiger partial charge < -0.3 is 0 Å². The second-order valence-electron chi connectivity index (χ2n) is 1.15. The second kappa shape index (κ2) is 2.75. The van der Waals surface area contributed by atoms with Crippen LogP contribution in [-0.4, -0.2) is 5.88 Å². The summed E-state index contributed by atoms with van der Waals surface area (Å²) in [6.07, 6.45) is 5.73. The molecule has 0 saturated carbocycles. The standard InChI is InChI=1S/C5H6NS/c1-2-4-7-5-6-3-1/h1-4H,5H2. The van der Waals surface area contributed by atoms with Crippen molar-refractivity contribution < 1.29 is 0 Å². The lowest BCUT2D eigenvalue weighted by molar-refractivity contribution is 1.04. The van der Waals surface area contributed by atoms with Gasteiger partial charge in [0.1, 0.15) is 0 Å². The van der Waals surface area contributed by atoms with Crippen LogP contribution in [0.2, 0.25) is 0 Å². The molecule has 0 fully saturated rings. The van der Waals surface area contributed by atoms with Crippen LogP contribution in [0.4, 0.5) is 0 Å². The van der Waals surface area contributed by atoms with Gasteiger partial charge in [0.25, 0.3) is 0 Å². The van der Waals surface area contributed by atoms with E-state index in [1.165, 1.54) is 0 Å². The van der Waals surface area contributed by atoms with Crippen LogP contribution in [0.25, 0.3) is 0 Å². The Labute approximate surface area is 47.5 Å². The largest absolute Gasteiger partial charge is 0.282 e. The quantitative estimate of drug-likeness (QED) is 0.461. The lowest BCUT2D eigenvalue weighted by Gasteiger charge is -1.84. The van der Waals surface area contributed by atoms with Crippen LogP contribution < -0.4 is 5.32 Å². The molecule has 7 heavy (non-hydrogen) atoms. The summed E-state index contributed by atoms with van der Waals surface area (Å²) < 4.78 is 0. The molecule has 1 aliphatic rings. The van der Waals surface area contributed by atoms with Crippen molar-refractivity contribution in [2.75, 3.05) is 5.88 Å². The maximum atomic E-state index is 3.99. The summed E-state index contributed by atoms with van der Waals surface area (Å²) in [7, 11) is 0. The highest BCUT2D eigenvalue weighted by Gasteiger charge is 1.80. The van der Waals surface area contributed by atoms with E-state index < -0.39 is 0 Å². The molecule has 1 heterocycles. The molecule has 0 N–H and O–H groups in total. The van der Waals surface area contributed by atoms with Gasteiger partial charge in [0, 0.05) is 6.20 Å². The first-order valence-corrected chi connectivity index (χ1v) is 3.15. The van der Waals surface area contributed by atoms with Crippen molar-refractivity contribution in [3.05, 3.63) is 23.8 Å². The topological polar surface area (TPSA) is 14.1 Å². The van der Waals surface area contributed by atoms with E-state index in [4.69, 9.17) is 0 Å². The summed E-state index contributed by atoms with van der Waals surface area (Å²) in [4.78, 5) is 0. The third-order valence-corrected chi connectivity index (χ3v) is 1.27. The minimum Gasteiger partial charge on any atom is -0.282 e. The van der Waals surface area contributed by atoms with E-state index in [1.807, 2.05) is 23.8 Å². The van der Waals surface area contributed by atoms with Gasteiger partial charge in [-0.1, -0.05) is 6.08 Å². The van der Waals surface area contributed by atoms with Gasteiger partial charge in [-0.3, -0.25) is 5.32 Å². The maximum Gasteiger partial charge on any atom is 0.0884 e. The fourth-order valence-corrected chi connectivity index (χ4v) is 0.801. The highest BCUT2D eigenvalue weighted by Crippen LogP contribution is 2.01. The first-order chi connectivity index (χ1) is 3.50. The van der Waals surface area contributed by atoms with E-state index in [1.54, 1.807) is 11.8 Å². The second-order valence-corrected chi connectivity index (χ2v) is 2.01. The molecule has 0 aliphatic carbocycles. The number of rotatable bonds is 0. The van der Waals surface area contributed by atoms with Gasteiger partial charge in [0.15, 0.2) is 0 Å². The molecule has 0 atom stereocenters. The zero-order chi connectivity index (χ0) is 4.95. The molecule has 1 rings (SSSR count). The van der Waals surface area contributed by atoms with Gasteiger partial charge in [0.2, 0.25) is 0 Å². The van der Waals surface area contributed by atoms with Crippen molar-refractivity contribution >= 4 is 11.8 Å². The number of nitrogens with zero attached hydrogens (tertiary/aromatic N) is 1. The molecule has 0 aromatic heterocycles. The predicted molar refractivity (Wildman–Crippen MR) is 32.9 cm³/mol. The first kappa shape index (κ1) is 4.78. The molecule has 0 aromatic carbocycles. The minimum absolute atomic E-state index is 0.868. The zero-order valence-electron chi connectivity index (χ0n) is 3.87. The minimum atomic E-state index is 0.868. The Morgan fingerprint density at radius 3 is 3.43 bits per heavy atom. The SMILES string of the molecule is C1=C[N]CSC=C1.